The van der Waals surface area contributed by atoms with Crippen LogP contribution >= 0.6 is 0 Å². The molecule has 2 bridgehead atoms. The first-order valence-corrected chi connectivity index (χ1v) is 7.75. The second-order valence-corrected chi connectivity index (χ2v) is 6.66. The predicted octanol–water partition coefficient (Wildman–Crippen LogP) is 1.59. The number of esters is 1. The summed E-state index contributed by atoms with van der Waals surface area (Å²) in [5.74, 6) is 0.731. The molecule has 0 N–H and O–H groups in total. The van der Waals surface area contributed by atoms with E-state index in [0.29, 0.717) is 11.8 Å². The van der Waals surface area contributed by atoms with Crippen molar-refractivity contribution in [3.63, 3.8) is 0 Å². The maximum absolute atomic E-state index is 12.8. The van der Waals surface area contributed by atoms with Gasteiger partial charge in [0, 0.05) is 19.0 Å². The van der Waals surface area contributed by atoms with Crippen molar-refractivity contribution in [3.8, 4) is 0 Å². The summed E-state index contributed by atoms with van der Waals surface area (Å²) in [5, 5.41) is 0. The van der Waals surface area contributed by atoms with Gasteiger partial charge in [0.1, 0.15) is 6.10 Å². The van der Waals surface area contributed by atoms with Crippen molar-refractivity contribution >= 4 is 11.9 Å². The molecule has 1 amide bonds. The second-order valence-electron chi connectivity index (χ2n) is 6.66. The molecule has 4 nitrogen and oxygen atoms in total. The molecule has 0 aromatic heterocycles. The number of hydrogen-bond acceptors (Lipinski definition) is 3. The molecule has 5 atom stereocenters. The van der Waals surface area contributed by atoms with Gasteiger partial charge in [0.05, 0.1) is 11.8 Å². The number of ether oxygens (including phenoxy) is 1. The van der Waals surface area contributed by atoms with E-state index in [2.05, 4.69) is 0 Å². The van der Waals surface area contributed by atoms with E-state index in [-0.39, 0.29) is 29.8 Å². The van der Waals surface area contributed by atoms with E-state index in [1.54, 1.807) is 0 Å². The smallest absolute Gasteiger partial charge is 0.310 e. The number of rotatable bonds is 1. The van der Waals surface area contributed by atoms with Gasteiger partial charge in [-0.15, -0.1) is 0 Å². The standard InChI is InChI=1S/C15H21NO3/c17-14(16-5-3-1-2-4-6-16)12-9-7-10-11(8-9)19-15(18)13(10)12/h9-13H,1-8H2/t9-,10+,11-,12+,13-/m1/s1. The lowest BCUT2D eigenvalue weighted by molar-refractivity contribution is -0.148. The fraction of sp³-hybridized carbons (Fsp3) is 0.867. The highest BCUT2D eigenvalue weighted by atomic mass is 16.6. The van der Waals surface area contributed by atoms with Crippen molar-refractivity contribution in [3.05, 3.63) is 0 Å². The number of fused-ring (bicyclic) bond motifs is 1. The Bertz CT molecular complexity index is 412. The van der Waals surface area contributed by atoms with Gasteiger partial charge in [-0.3, -0.25) is 9.59 Å². The molecular weight excluding hydrogens is 242 g/mol. The van der Waals surface area contributed by atoms with E-state index in [1.807, 2.05) is 4.90 Å². The molecule has 2 saturated heterocycles. The molecule has 2 heterocycles. The highest BCUT2D eigenvalue weighted by molar-refractivity contribution is 5.88. The van der Waals surface area contributed by atoms with Gasteiger partial charge in [0.2, 0.25) is 5.91 Å². The van der Waals surface area contributed by atoms with Crippen LogP contribution in [0.1, 0.15) is 38.5 Å². The molecule has 0 unspecified atom stereocenters. The predicted molar refractivity (Wildman–Crippen MR) is 68.1 cm³/mol. The maximum Gasteiger partial charge on any atom is 0.310 e. The quantitative estimate of drug-likeness (QED) is 0.675. The van der Waals surface area contributed by atoms with Gasteiger partial charge in [-0.2, -0.15) is 0 Å². The van der Waals surface area contributed by atoms with Crippen LogP contribution in [0.3, 0.4) is 0 Å². The molecule has 4 aliphatic rings. The summed E-state index contributed by atoms with van der Waals surface area (Å²) in [6.45, 7) is 1.77. The molecule has 2 aliphatic carbocycles. The Morgan fingerprint density at radius 1 is 1.11 bits per heavy atom. The fourth-order valence-electron chi connectivity index (χ4n) is 4.84. The molecular formula is C15H21NO3. The van der Waals surface area contributed by atoms with Crippen LogP contribution in [0.25, 0.3) is 0 Å². The van der Waals surface area contributed by atoms with Gasteiger partial charge in [0.15, 0.2) is 0 Å². The van der Waals surface area contributed by atoms with Crippen LogP contribution in [-0.2, 0) is 14.3 Å². The summed E-state index contributed by atoms with van der Waals surface area (Å²) in [6.07, 6.45) is 6.79. The molecule has 104 valence electrons. The zero-order valence-corrected chi connectivity index (χ0v) is 11.2. The van der Waals surface area contributed by atoms with Crippen LogP contribution in [0, 0.1) is 23.7 Å². The third kappa shape index (κ3) is 1.65. The molecule has 0 spiro atoms. The Balaban J connectivity index is 1.55. The highest BCUT2D eigenvalue weighted by Crippen LogP contribution is 2.58. The third-order valence-corrected chi connectivity index (χ3v) is 5.69. The van der Waals surface area contributed by atoms with E-state index >= 15 is 0 Å². The normalized spacial score (nSPS) is 44.3. The van der Waals surface area contributed by atoms with Crippen molar-refractivity contribution in [2.75, 3.05) is 13.1 Å². The summed E-state index contributed by atoms with van der Waals surface area (Å²) in [5.41, 5.74) is 0. The summed E-state index contributed by atoms with van der Waals surface area (Å²) < 4.78 is 5.42. The van der Waals surface area contributed by atoms with Gasteiger partial charge in [0.25, 0.3) is 0 Å². The topological polar surface area (TPSA) is 46.6 Å². The van der Waals surface area contributed by atoms with E-state index < -0.39 is 0 Å². The van der Waals surface area contributed by atoms with Crippen molar-refractivity contribution in [2.45, 2.75) is 44.6 Å². The van der Waals surface area contributed by atoms with Gasteiger partial charge in [-0.05, 0) is 31.6 Å². The number of amides is 1. The molecule has 2 saturated carbocycles. The molecule has 4 rings (SSSR count). The summed E-state index contributed by atoms with van der Waals surface area (Å²) in [4.78, 5) is 26.8. The molecule has 4 fully saturated rings. The number of hydrogen-bond donors (Lipinski definition) is 0. The first-order chi connectivity index (χ1) is 9.25. The highest BCUT2D eigenvalue weighted by Gasteiger charge is 2.64. The number of nitrogens with zero attached hydrogens (tertiary/aromatic N) is 1. The molecule has 0 aromatic rings. The van der Waals surface area contributed by atoms with Crippen LogP contribution in [0.2, 0.25) is 0 Å². The Labute approximate surface area is 113 Å². The monoisotopic (exact) mass is 263 g/mol. The summed E-state index contributed by atoms with van der Waals surface area (Å²) in [6, 6.07) is 0. The third-order valence-electron chi connectivity index (χ3n) is 5.69. The van der Waals surface area contributed by atoms with Gasteiger partial charge in [-0.25, -0.2) is 0 Å². The zero-order valence-electron chi connectivity index (χ0n) is 11.2. The average molecular weight is 263 g/mol. The Morgan fingerprint density at radius 3 is 2.58 bits per heavy atom. The largest absolute Gasteiger partial charge is 0.462 e. The van der Waals surface area contributed by atoms with Crippen LogP contribution in [-0.4, -0.2) is 36.0 Å². The van der Waals surface area contributed by atoms with Crippen molar-refractivity contribution in [1.82, 2.24) is 4.90 Å². The molecule has 19 heavy (non-hydrogen) atoms. The summed E-state index contributed by atoms with van der Waals surface area (Å²) in [7, 11) is 0. The van der Waals surface area contributed by atoms with E-state index in [0.717, 1.165) is 38.8 Å². The Hall–Kier alpha value is -1.06. The first-order valence-electron chi connectivity index (χ1n) is 7.75. The maximum atomic E-state index is 12.8. The minimum Gasteiger partial charge on any atom is -0.462 e. The van der Waals surface area contributed by atoms with E-state index in [9.17, 15) is 9.59 Å². The van der Waals surface area contributed by atoms with Crippen LogP contribution in [0.4, 0.5) is 0 Å². The zero-order chi connectivity index (χ0) is 13.0. The van der Waals surface area contributed by atoms with Gasteiger partial charge in [-0.1, -0.05) is 12.8 Å². The SMILES string of the molecule is O=C1O[C@@H]2C[C@H]3C[C@@H]2[C@@H]1[C@H]3C(=O)N1CCCCCC1. The average Bonchev–Trinajstić information content (AvgIpc) is 2.89. The number of carbonyl (C=O) groups excluding carboxylic acids is 2. The Kier molecular flexibility index (Phi) is 2.61. The molecule has 0 aromatic carbocycles. The minimum atomic E-state index is -0.112. The minimum absolute atomic E-state index is 0.0608. The first kappa shape index (κ1) is 11.7. The van der Waals surface area contributed by atoms with Crippen LogP contribution in [0.5, 0.6) is 0 Å². The van der Waals surface area contributed by atoms with Crippen molar-refractivity contribution < 1.29 is 14.3 Å². The molecule has 4 heteroatoms. The lowest BCUT2D eigenvalue weighted by Gasteiger charge is -2.30. The Morgan fingerprint density at radius 2 is 1.84 bits per heavy atom. The number of likely N-dealkylation sites (tertiary alicyclic amines) is 1. The van der Waals surface area contributed by atoms with Crippen molar-refractivity contribution in [2.24, 2.45) is 23.7 Å². The van der Waals surface area contributed by atoms with Crippen LogP contribution < -0.4 is 0 Å². The van der Waals surface area contributed by atoms with Gasteiger partial charge < -0.3 is 9.64 Å². The summed E-state index contributed by atoms with van der Waals surface area (Å²) >= 11 is 0. The van der Waals surface area contributed by atoms with E-state index in [4.69, 9.17) is 4.74 Å². The lowest BCUT2D eigenvalue weighted by atomic mass is 9.79. The second kappa shape index (κ2) is 4.22. The van der Waals surface area contributed by atoms with Crippen LogP contribution in [0.15, 0.2) is 0 Å². The lowest BCUT2D eigenvalue weighted by Crippen LogP contribution is -2.43. The van der Waals surface area contributed by atoms with Crippen molar-refractivity contribution in [1.29, 1.82) is 0 Å². The van der Waals surface area contributed by atoms with Gasteiger partial charge >= 0.3 is 5.97 Å². The molecule has 0 radical (unpaired) electrons. The van der Waals surface area contributed by atoms with E-state index in [1.165, 1.54) is 12.8 Å². The molecule has 2 aliphatic heterocycles. The number of carbonyl (C=O) groups is 2. The fourth-order valence-corrected chi connectivity index (χ4v) is 4.84.